The fraction of sp³-hybridized carbons (Fsp3) is 0.300. The van der Waals surface area contributed by atoms with E-state index in [0.717, 1.165) is 30.7 Å². The molecule has 1 atom stereocenters. The molecule has 2 aromatic carbocycles. The van der Waals surface area contributed by atoms with Gasteiger partial charge in [0.25, 0.3) is 5.56 Å². The van der Waals surface area contributed by atoms with Crippen molar-refractivity contribution in [2.45, 2.75) is 25.8 Å². The lowest BCUT2D eigenvalue weighted by atomic mass is 10.1. The van der Waals surface area contributed by atoms with E-state index >= 15 is 0 Å². The van der Waals surface area contributed by atoms with Crippen LogP contribution in [0.15, 0.2) is 59.4 Å². The number of benzene rings is 2. The second kappa shape index (κ2) is 7.41. The van der Waals surface area contributed by atoms with Gasteiger partial charge in [-0.25, -0.2) is 4.98 Å². The molecule has 0 unspecified atom stereocenters. The van der Waals surface area contributed by atoms with E-state index in [1.807, 2.05) is 24.3 Å². The van der Waals surface area contributed by atoms with E-state index in [9.17, 15) is 4.79 Å². The fourth-order valence-electron chi connectivity index (χ4n) is 2.88. The normalized spacial score (nSPS) is 12.6. The molecule has 0 aliphatic rings. The molecular weight excluding hydrogens is 298 g/mol. The summed E-state index contributed by atoms with van der Waals surface area (Å²) in [6.45, 7) is 3.03. The zero-order chi connectivity index (χ0) is 16.9. The third-order valence-corrected chi connectivity index (χ3v) is 4.51. The minimum Gasteiger partial charge on any atom is -0.309 e. The molecule has 0 bridgehead atoms. The molecule has 0 spiro atoms. The van der Waals surface area contributed by atoms with Gasteiger partial charge in [-0.3, -0.25) is 9.69 Å². The van der Waals surface area contributed by atoms with Crippen LogP contribution in [0.3, 0.4) is 0 Å². The number of para-hydroxylation sites is 1. The number of fused-ring (bicyclic) bond motifs is 1. The van der Waals surface area contributed by atoms with Crippen LogP contribution in [0.4, 0.5) is 0 Å². The second-order valence-corrected chi connectivity index (χ2v) is 6.21. The molecule has 4 nitrogen and oxygen atoms in total. The van der Waals surface area contributed by atoms with E-state index in [-0.39, 0.29) is 11.6 Å². The summed E-state index contributed by atoms with van der Waals surface area (Å²) in [5.74, 6) is 0.723. The lowest BCUT2D eigenvalue weighted by Crippen LogP contribution is -2.27. The highest BCUT2D eigenvalue weighted by molar-refractivity contribution is 5.77. The van der Waals surface area contributed by atoms with Crippen LogP contribution in [-0.4, -0.2) is 28.5 Å². The third kappa shape index (κ3) is 3.71. The van der Waals surface area contributed by atoms with Gasteiger partial charge in [0.05, 0.1) is 16.9 Å². The Morgan fingerprint density at radius 2 is 1.79 bits per heavy atom. The maximum Gasteiger partial charge on any atom is 0.258 e. The largest absolute Gasteiger partial charge is 0.309 e. The maximum atomic E-state index is 12.2. The highest BCUT2D eigenvalue weighted by atomic mass is 16.1. The van der Waals surface area contributed by atoms with Gasteiger partial charge in [-0.2, -0.15) is 0 Å². The van der Waals surface area contributed by atoms with E-state index in [4.69, 9.17) is 0 Å². The second-order valence-electron chi connectivity index (χ2n) is 6.21. The summed E-state index contributed by atoms with van der Waals surface area (Å²) in [7, 11) is 2.07. The number of hydrogen-bond donors (Lipinski definition) is 1. The molecule has 0 aliphatic heterocycles. The minimum atomic E-state index is -0.0693. The number of aromatic amines is 1. The van der Waals surface area contributed by atoms with Crippen molar-refractivity contribution in [1.29, 1.82) is 0 Å². The van der Waals surface area contributed by atoms with Crippen LogP contribution in [0.5, 0.6) is 0 Å². The average Bonchev–Trinajstić information content (AvgIpc) is 2.62. The monoisotopic (exact) mass is 321 g/mol. The number of H-pyrrole nitrogens is 1. The zero-order valence-corrected chi connectivity index (χ0v) is 14.2. The summed E-state index contributed by atoms with van der Waals surface area (Å²) in [5.41, 5.74) is 2.04. The molecule has 0 aliphatic carbocycles. The van der Waals surface area contributed by atoms with E-state index in [0.29, 0.717) is 5.39 Å². The fourth-order valence-corrected chi connectivity index (χ4v) is 2.88. The summed E-state index contributed by atoms with van der Waals surface area (Å²) in [5, 5.41) is 0.639. The van der Waals surface area contributed by atoms with Crippen molar-refractivity contribution < 1.29 is 0 Å². The van der Waals surface area contributed by atoms with Crippen molar-refractivity contribution in [2.24, 2.45) is 0 Å². The molecule has 3 aromatic rings. The Morgan fingerprint density at radius 1 is 1.08 bits per heavy atom. The molecule has 3 rings (SSSR count). The van der Waals surface area contributed by atoms with Crippen molar-refractivity contribution in [1.82, 2.24) is 14.9 Å². The summed E-state index contributed by atoms with van der Waals surface area (Å²) < 4.78 is 0. The Bertz CT molecular complexity index is 857. The Morgan fingerprint density at radius 3 is 2.58 bits per heavy atom. The van der Waals surface area contributed by atoms with Crippen molar-refractivity contribution >= 4 is 10.9 Å². The number of hydrogen-bond acceptors (Lipinski definition) is 3. The number of nitrogens with one attached hydrogen (secondary N) is 1. The van der Waals surface area contributed by atoms with Gasteiger partial charge in [-0.05, 0) is 51.1 Å². The zero-order valence-electron chi connectivity index (χ0n) is 14.2. The third-order valence-electron chi connectivity index (χ3n) is 4.51. The molecule has 1 N–H and O–H groups in total. The highest BCUT2D eigenvalue weighted by Crippen LogP contribution is 2.16. The maximum absolute atomic E-state index is 12.2. The Hall–Kier alpha value is -2.46. The first kappa shape index (κ1) is 16.4. The molecule has 4 heteroatoms. The molecular formula is C20H23N3O. The average molecular weight is 321 g/mol. The van der Waals surface area contributed by atoms with Crippen LogP contribution in [0.1, 0.15) is 30.8 Å². The van der Waals surface area contributed by atoms with Crippen LogP contribution in [0.25, 0.3) is 10.9 Å². The molecule has 0 radical (unpaired) electrons. The molecule has 0 saturated carbocycles. The van der Waals surface area contributed by atoms with E-state index in [1.54, 1.807) is 6.07 Å². The molecule has 0 saturated heterocycles. The van der Waals surface area contributed by atoms with Crippen molar-refractivity contribution in [3.05, 3.63) is 76.3 Å². The Kier molecular flexibility index (Phi) is 5.06. The summed E-state index contributed by atoms with van der Waals surface area (Å²) in [6, 6.07) is 18.0. The van der Waals surface area contributed by atoms with Gasteiger partial charge in [-0.1, -0.05) is 42.5 Å². The molecule has 0 fully saturated rings. The summed E-state index contributed by atoms with van der Waals surface area (Å²) in [6.07, 6.45) is 2.13. The number of aromatic nitrogens is 2. The van der Waals surface area contributed by atoms with Gasteiger partial charge in [0.1, 0.15) is 5.82 Å². The lowest BCUT2D eigenvalue weighted by Gasteiger charge is -2.24. The molecule has 24 heavy (non-hydrogen) atoms. The predicted octanol–water partition coefficient (Wildman–Crippen LogP) is 3.55. The molecule has 1 aromatic heterocycles. The van der Waals surface area contributed by atoms with Gasteiger partial charge in [-0.15, -0.1) is 0 Å². The highest BCUT2D eigenvalue weighted by Gasteiger charge is 2.15. The van der Waals surface area contributed by atoms with Gasteiger partial charge < -0.3 is 4.98 Å². The molecule has 124 valence electrons. The topological polar surface area (TPSA) is 49.0 Å². The van der Waals surface area contributed by atoms with Crippen molar-refractivity contribution in [3.8, 4) is 0 Å². The lowest BCUT2D eigenvalue weighted by molar-refractivity contribution is 0.249. The molecule has 0 amide bonds. The Balaban J connectivity index is 1.67. The summed E-state index contributed by atoms with van der Waals surface area (Å²) in [4.78, 5) is 22.0. The van der Waals surface area contributed by atoms with Crippen LogP contribution in [0, 0.1) is 0 Å². The van der Waals surface area contributed by atoms with E-state index < -0.39 is 0 Å². The summed E-state index contributed by atoms with van der Waals surface area (Å²) >= 11 is 0. The first-order chi connectivity index (χ1) is 11.6. The smallest absolute Gasteiger partial charge is 0.258 e. The minimum absolute atomic E-state index is 0.0677. The van der Waals surface area contributed by atoms with Crippen LogP contribution < -0.4 is 5.56 Å². The SMILES string of the molecule is C[C@@H](c1nc2ccccc2c(=O)[nH]1)N(C)CCCc1ccccc1. The number of aryl methyl sites for hydroxylation is 1. The van der Waals surface area contributed by atoms with Crippen LogP contribution in [0.2, 0.25) is 0 Å². The van der Waals surface area contributed by atoms with Gasteiger partial charge >= 0.3 is 0 Å². The number of nitrogens with zero attached hydrogens (tertiary/aromatic N) is 2. The van der Waals surface area contributed by atoms with Crippen molar-refractivity contribution in [3.63, 3.8) is 0 Å². The first-order valence-electron chi connectivity index (χ1n) is 8.38. The standard InChI is InChI=1S/C20H23N3O/c1-15(23(2)14-8-11-16-9-4-3-5-10-16)19-21-18-13-7-6-12-17(18)20(24)22-19/h3-7,9-10,12-13,15H,8,11,14H2,1-2H3,(H,21,22,24)/t15-/m0/s1. The number of rotatable bonds is 6. The van der Waals surface area contributed by atoms with Crippen LogP contribution >= 0.6 is 0 Å². The Labute approximate surface area is 142 Å². The van der Waals surface area contributed by atoms with Crippen LogP contribution in [-0.2, 0) is 6.42 Å². The van der Waals surface area contributed by atoms with E-state index in [2.05, 4.69) is 53.1 Å². The van der Waals surface area contributed by atoms with E-state index in [1.165, 1.54) is 5.56 Å². The van der Waals surface area contributed by atoms with Gasteiger partial charge in [0, 0.05) is 0 Å². The van der Waals surface area contributed by atoms with Gasteiger partial charge in [0.2, 0.25) is 0 Å². The quantitative estimate of drug-likeness (QED) is 0.755. The van der Waals surface area contributed by atoms with Gasteiger partial charge in [0.15, 0.2) is 0 Å². The van der Waals surface area contributed by atoms with Crippen molar-refractivity contribution in [2.75, 3.05) is 13.6 Å². The predicted molar refractivity (Wildman–Crippen MR) is 98.2 cm³/mol. The first-order valence-corrected chi connectivity index (χ1v) is 8.38. The molecule has 1 heterocycles.